The molecule has 0 aliphatic heterocycles. The van der Waals surface area contributed by atoms with Gasteiger partial charge in [-0.1, -0.05) is 37.2 Å². The van der Waals surface area contributed by atoms with E-state index < -0.39 is 7.80 Å². The van der Waals surface area contributed by atoms with E-state index in [9.17, 15) is 4.57 Å². The van der Waals surface area contributed by atoms with Crippen LogP contribution in [0, 0.1) is 0 Å². The molecule has 1 atom stereocenters. The summed E-state index contributed by atoms with van der Waals surface area (Å²) in [6, 6.07) is 0. The van der Waals surface area contributed by atoms with E-state index in [0.717, 1.165) is 12.6 Å². The smallest absolute Gasteiger partial charge is 0.0752 e. The maximum absolute atomic E-state index is 10.7. The van der Waals surface area contributed by atoms with Crippen LogP contribution in [-0.2, 0) is 4.57 Å². The van der Waals surface area contributed by atoms with Gasteiger partial charge in [0, 0.05) is 0 Å². The third-order valence-electron chi connectivity index (χ3n) is 1.83. The zero-order valence-corrected chi connectivity index (χ0v) is 8.70. The van der Waals surface area contributed by atoms with E-state index in [1.807, 2.05) is 6.66 Å². The summed E-state index contributed by atoms with van der Waals surface area (Å²) < 4.78 is 10.7. The third kappa shape index (κ3) is 10.1. The van der Waals surface area contributed by atoms with Crippen LogP contribution in [0.1, 0.15) is 45.4 Å². The van der Waals surface area contributed by atoms with Gasteiger partial charge in [0.2, 0.25) is 0 Å². The molecule has 0 fully saturated rings. The minimum Gasteiger partial charge on any atom is -0.0752 e. The van der Waals surface area contributed by atoms with Gasteiger partial charge in [0.15, 0.2) is 0 Å². The standard InChI is InChI=1S/C9H20OP/c1-3-4-5-6-7-8-9-11(2)10/h3-9H2,1-2H3/q+1. The fourth-order valence-electron chi connectivity index (χ4n) is 1.11. The molecule has 0 heterocycles. The van der Waals surface area contributed by atoms with Crippen molar-refractivity contribution in [3.63, 3.8) is 0 Å². The highest BCUT2D eigenvalue weighted by Gasteiger charge is 2.03. The van der Waals surface area contributed by atoms with Crippen molar-refractivity contribution in [2.45, 2.75) is 45.4 Å². The lowest BCUT2D eigenvalue weighted by molar-refractivity contribution is 0.584. The Morgan fingerprint density at radius 2 is 1.55 bits per heavy atom. The van der Waals surface area contributed by atoms with Crippen LogP contribution in [0.2, 0.25) is 0 Å². The molecule has 0 aliphatic carbocycles. The van der Waals surface area contributed by atoms with E-state index in [1.165, 1.54) is 32.1 Å². The van der Waals surface area contributed by atoms with Crippen LogP contribution in [0.15, 0.2) is 0 Å². The second-order valence-corrected chi connectivity index (χ2v) is 4.82. The van der Waals surface area contributed by atoms with Crippen molar-refractivity contribution in [3.05, 3.63) is 0 Å². The summed E-state index contributed by atoms with van der Waals surface area (Å²) in [5.41, 5.74) is 0. The summed E-state index contributed by atoms with van der Waals surface area (Å²) in [4.78, 5) is 0. The van der Waals surface area contributed by atoms with Gasteiger partial charge >= 0.3 is 7.80 Å². The van der Waals surface area contributed by atoms with E-state index in [4.69, 9.17) is 0 Å². The average molecular weight is 175 g/mol. The Balaban J connectivity index is 2.85. The van der Waals surface area contributed by atoms with Gasteiger partial charge in [0.25, 0.3) is 0 Å². The number of rotatable bonds is 7. The monoisotopic (exact) mass is 175 g/mol. The highest BCUT2D eigenvalue weighted by Crippen LogP contribution is 2.17. The molecule has 1 nitrogen and oxygen atoms in total. The molecule has 0 N–H and O–H groups in total. The lowest BCUT2D eigenvalue weighted by Gasteiger charge is -1.94. The van der Waals surface area contributed by atoms with E-state index in [1.54, 1.807) is 0 Å². The Kier molecular flexibility index (Phi) is 8.27. The summed E-state index contributed by atoms with van der Waals surface area (Å²) >= 11 is 0. The zero-order valence-electron chi connectivity index (χ0n) is 7.81. The highest BCUT2D eigenvalue weighted by atomic mass is 31.1. The van der Waals surface area contributed by atoms with Gasteiger partial charge in [-0.05, 0) is 12.8 Å². The van der Waals surface area contributed by atoms with Gasteiger partial charge < -0.3 is 0 Å². The highest BCUT2D eigenvalue weighted by molar-refractivity contribution is 7.43. The molecule has 0 aromatic carbocycles. The number of hydrogen-bond donors (Lipinski definition) is 0. The summed E-state index contributed by atoms with van der Waals surface area (Å²) in [5.74, 6) is 0. The topological polar surface area (TPSA) is 17.1 Å². The van der Waals surface area contributed by atoms with E-state index in [2.05, 4.69) is 6.92 Å². The Morgan fingerprint density at radius 1 is 1.00 bits per heavy atom. The Bertz CT molecular complexity index is 102. The first-order valence-electron chi connectivity index (χ1n) is 4.65. The second-order valence-electron chi connectivity index (χ2n) is 3.12. The molecule has 1 unspecified atom stereocenters. The summed E-state index contributed by atoms with van der Waals surface area (Å²) in [5, 5.41) is 0. The maximum Gasteiger partial charge on any atom is 0.335 e. The molecule has 0 aromatic rings. The molecule has 0 aliphatic rings. The molecule has 0 aromatic heterocycles. The molecular weight excluding hydrogens is 155 g/mol. The number of hydrogen-bond acceptors (Lipinski definition) is 1. The Hall–Kier alpha value is 0.100. The van der Waals surface area contributed by atoms with Gasteiger partial charge in [-0.2, -0.15) is 0 Å². The lowest BCUT2D eigenvalue weighted by Crippen LogP contribution is -1.80. The Labute approximate surface area is 71.4 Å². The molecule has 0 bridgehead atoms. The minimum absolute atomic E-state index is 0.875. The predicted molar refractivity (Wildman–Crippen MR) is 51.8 cm³/mol. The first kappa shape index (κ1) is 11.1. The molecule has 0 saturated carbocycles. The zero-order chi connectivity index (χ0) is 8.53. The first-order chi connectivity index (χ1) is 5.27. The van der Waals surface area contributed by atoms with Crippen LogP contribution in [0.5, 0.6) is 0 Å². The first-order valence-corrected chi connectivity index (χ1v) is 6.55. The molecule has 0 rings (SSSR count). The van der Waals surface area contributed by atoms with E-state index in [0.29, 0.717) is 0 Å². The van der Waals surface area contributed by atoms with Crippen molar-refractivity contribution in [1.82, 2.24) is 0 Å². The second kappa shape index (κ2) is 8.20. The van der Waals surface area contributed by atoms with Gasteiger partial charge in [-0.25, -0.2) is 0 Å². The van der Waals surface area contributed by atoms with E-state index in [-0.39, 0.29) is 0 Å². The minimum atomic E-state index is -0.875. The van der Waals surface area contributed by atoms with Gasteiger partial charge in [0.05, 0.1) is 0 Å². The van der Waals surface area contributed by atoms with Crippen molar-refractivity contribution in [2.24, 2.45) is 0 Å². The van der Waals surface area contributed by atoms with Crippen LogP contribution in [0.25, 0.3) is 0 Å². The SMILES string of the molecule is CCCCCCCC[P+](C)=O. The molecule has 66 valence electrons. The quantitative estimate of drug-likeness (QED) is 0.425. The average Bonchev–Trinajstić information content (AvgIpc) is 1.96. The van der Waals surface area contributed by atoms with Gasteiger partial charge in [-0.3, -0.25) is 0 Å². The molecule has 0 radical (unpaired) electrons. The fourth-order valence-corrected chi connectivity index (χ4v) is 1.78. The predicted octanol–water partition coefficient (Wildman–Crippen LogP) is 3.80. The van der Waals surface area contributed by atoms with Crippen molar-refractivity contribution in [3.8, 4) is 0 Å². The van der Waals surface area contributed by atoms with Crippen LogP contribution >= 0.6 is 7.80 Å². The summed E-state index contributed by atoms with van der Waals surface area (Å²) in [7, 11) is -0.875. The van der Waals surface area contributed by atoms with Crippen LogP contribution in [-0.4, -0.2) is 12.8 Å². The van der Waals surface area contributed by atoms with Gasteiger partial charge in [0.1, 0.15) is 12.8 Å². The van der Waals surface area contributed by atoms with Crippen molar-refractivity contribution in [2.75, 3.05) is 12.8 Å². The largest absolute Gasteiger partial charge is 0.335 e. The van der Waals surface area contributed by atoms with Crippen LogP contribution < -0.4 is 0 Å². The van der Waals surface area contributed by atoms with Crippen molar-refractivity contribution < 1.29 is 4.57 Å². The Morgan fingerprint density at radius 3 is 2.09 bits per heavy atom. The van der Waals surface area contributed by atoms with Crippen molar-refractivity contribution in [1.29, 1.82) is 0 Å². The normalized spacial score (nSPS) is 11.6. The molecule has 0 saturated heterocycles. The number of unbranched alkanes of at least 4 members (excludes halogenated alkanes) is 5. The molecule has 2 heteroatoms. The maximum atomic E-state index is 10.7. The molecule has 11 heavy (non-hydrogen) atoms. The summed E-state index contributed by atoms with van der Waals surface area (Å²) in [6.45, 7) is 4.05. The van der Waals surface area contributed by atoms with E-state index >= 15 is 0 Å². The van der Waals surface area contributed by atoms with Crippen LogP contribution in [0.3, 0.4) is 0 Å². The molecular formula is C9H20OP+. The molecule has 0 spiro atoms. The van der Waals surface area contributed by atoms with Gasteiger partial charge in [-0.15, -0.1) is 0 Å². The van der Waals surface area contributed by atoms with Crippen LogP contribution in [0.4, 0.5) is 0 Å². The summed E-state index contributed by atoms with van der Waals surface area (Å²) in [6.07, 6.45) is 8.72. The van der Waals surface area contributed by atoms with Crippen molar-refractivity contribution >= 4 is 7.80 Å². The fraction of sp³-hybridized carbons (Fsp3) is 1.00. The molecule has 0 amide bonds. The lowest BCUT2D eigenvalue weighted by atomic mass is 10.1. The third-order valence-corrected chi connectivity index (χ3v) is 2.77.